The quantitative estimate of drug-likeness (QED) is 0.526. The Morgan fingerprint density at radius 2 is 1.78 bits per heavy atom. The van der Waals surface area contributed by atoms with Crippen molar-refractivity contribution in [1.29, 1.82) is 0 Å². The predicted molar refractivity (Wildman–Crippen MR) is 62.3 cm³/mol. The first-order chi connectivity index (χ1) is 7.89. The van der Waals surface area contributed by atoms with Crippen LogP contribution in [0.1, 0.15) is 20.3 Å². The Kier molecular flexibility index (Phi) is 4.85. The van der Waals surface area contributed by atoms with E-state index in [1.54, 1.807) is 0 Å². The Morgan fingerprint density at radius 3 is 2.06 bits per heavy atom. The van der Waals surface area contributed by atoms with Crippen molar-refractivity contribution in [2.24, 2.45) is 5.73 Å². The van der Waals surface area contributed by atoms with Gasteiger partial charge in [0.1, 0.15) is 10.8 Å². The number of nitrogens with two attached hydrogens (primary N) is 1. The van der Waals surface area contributed by atoms with Crippen LogP contribution in [-0.4, -0.2) is 48.4 Å². The zero-order valence-electron chi connectivity index (χ0n) is 10.3. The van der Waals surface area contributed by atoms with Crippen molar-refractivity contribution in [3.05, 3.63) is 0 Å². The van der Waals surface area contributed by atoms with Crippen molar-refractivity contribution in [3.63, 3.8) is 0 Å². The fourth-order valence-electron chi connectivity index (χ4n) is 0.902. The smallest absolute Gasteiger partial charge is 0.326 e. The molecule has 0 aliphatic carbocycles. The highest BCUT2D eigenvalue weighted by Crippen LogP contribution is 2.15. The van der Waals surface area contributed by atoms with Crippen LogP contribution in [0.2, 0.25) is 0 Å². The highest BCUT2D eigenvalue weighted by molar-refractivity contribution is 7.92. The number of amides is 2. The van der Waals surface area contributed by atoms with Crippen molar-refractivity contribution in [2.75, 3.05) is 6.26 Å². The second-order valence-electron chi connectivity index (χ2n) is 4.32. The van der Waals surface area contributed by atoms with Crippen molar-refractivity contribution >= 4 is 27.6 Å². The van der Waals surface area contributed by atoms with Crippen LogP contribution in [0.15, 0.2) is 0 Å². The van der Waals surface area contributed by atoms with Gasteiger partial charge in [0.25, 0.3) is 0 Å². The maximum atomic E-state index is 11.7. The minimum atomic E-state index is -3.72. The molecule has 0 bridgehead atoms. The molecule has 0 aromatic heterocycles. The molecule has 1 atom stereocenters. The van der Waals surface area contributed by atoms with E-state index < -0.39 is 44.8 Å². The number of carbonyl (C=O) groups excluding carboxylic acids is 2. The molecule has 4 N–H and O–H groups in total. The van der Waals surface area contributed by atoms with Gasteiger partial charge in [0.15, 0.2) is 9.84 Å². The molecule has 0 aromatic carbocycles. The molecule has 0 fully saturated rings. The largest absolute Gasteiger partial charge is 0.480 e. The fourth-order valence-corrected chi connectivity index (χ4v) is 1.30. The molecule has 0 aromatic rings. The Bertz CT molecular complexity index is 467. The minimum Gasteiger partial charge on any atom is -0.480 e. The molecule has 0 saturated heterocycles. The molecule has 0 heterocycles. The van der Waals surface area contributed by atoms with E-state index >= 15 is 0 Å². The number of primary amides is 1. The highest BCUT2D eigenvalue weighted by atomic mass is 32.2. The summed E-state index contributed by atoms with van der Waals surface area (Å²) in [7, 11) is -3.72. The van der Waals surface area contributed by atoms with Gasteiger partial charge in [-0.15, -0.1) is 0 Å². The monoisotopic (exact) mass is 280 g/mol. The lowest BCUT2D eigenvalue weighted by atomic mass is 10.1. The number of rotatable bonds is 6. The molecule has 0 aliphatic heterocycles. The summed E-state index contributed by atoms with van der Waals surface area (Å²) in [4.78, 5) is 33.1. The van der Waals surface area contributed by atoms with Crippen LogP contribution in [0.4, 0.5) is 0 Å². The van der Waals surface area contributed by atoms with E-state index in [1.165, 1.54) is 0 Å². The van der Waals surface area contributed by atoms with Crippen molar-refractivity contribution in [2.45, 2.75) is 31.1 Å². The number of carboxylic acid groups (broad SMARTS) is 1. The van der Waals surface area contributed by atoms with Gasteiger partial charge in [0.2, 0.25) is 11.8 Å². The third kappa shape index (κ3) is 3.99. The van der Waals surface area contributed by atoms with E-state index in [0.29, 0.717) is 0 Å². The van der Waals surface area contributed by atoms with E-state index in [1.807, 2.05) is 5.32 Å². The van der Waals surface area contributed by atoms with Gasteiger partial charge >= 0.3 is 5.97 Å². The van der Waals surface area contributed by atoms with Crippen molar-refractivity contribution in [3.8, 4) is 0 Å². The lowest BCUT2D eigenvalue weighted by molar-refractivity contribution is -0.143. The summed E-state index contributed by atoms with van der Waals surface area (Å²) in [6.45, 7) is 2.28. The third-order valence-electron chi connectivity index (χ3n) is 2.48. The van der Waals surface area contributed by atoms with E-state index in [-0.39, 0.29) is 0 Å². The van der Waals surface area contributed by atoms with Crippen LogP contribution in [0.3, 0.4) is 0 Å². The molecule has 104 valence electrons. The topological polar surface area (TPSA) is 144 Å². The maximum absolute atomic E-state index is 11.7. The van der Waals surface area contributed by atoms with E-state index in [2.05, 4.69) is 0 Å². The average Bonchev–Trinajstić information content (AvgIpc) is 2.13. The summed E-state index contributed by atoms with van der Waals surface area (Å²) in [6.07, 6.45) is 0.247. The molecule has 18 heavy (non-hydrogen) atoms. The summed E-state index contributed by atoms with van der Waals surface area (Å²) in [5.74, 6) is -3.38. The van der Waals surface area contributed by atoms with Crippen LogP contribution in [0, 0.1) is 0 Å². The van der Waals surface area contributed by atoms with Crippen molar-refractivity contribution < 1.29 is 27.9 Å². The molecule has 0 radical (unpaired) electrons. The Balaban J connectivity index is 5.03. The summed E-state index contributed by atoms with van der Waals surface area (Å²) < 4.78 is 20.9. The minimum absolute atomic E-state index is 0.610. The summed E-state index contributed by atoms with van der Waals surface area (Å²) in [6, 6.07) is -1.55. The first kappa shape index (κ1) is 16.4. The summed E-state index contributed by atoms with van der Waals surface area (Å²) >= 11 is 0. The number of hydrogen-bond acceptors (Lipinski definition) is 5. The Morgan fingerprint density at radius 1 is 1.33 bits per heavy atom. The van der Waals surface area contributed by atoms with Gasteiger partial charge in [-0.1, -0.05) is 0 Å². The van der Waals surface area contributed by atoms with E-state index in [4.69, 9.17) is 10.8 Å². The fraction of sp³-hybridized carbons (Fsp3) is 0.667. The Hall–Kier alpha value is -1.64. The number of carbonyl (C=O) groups is 3. The highest BCUT2D eigenvalue weighted by Gasteiger charge is 2.40. The van der Waals surface area contributed by atoms with Gasteiger partial charge in [-0.3, -0.25) is 9.59 Å². The van der Waals surface area contributed by atoms with Crippen LogP contribution in [-0.2, 0) is 24.2 Å². The standard InChI is InChI=1S/C9H16N2O6S/c1-9(2,18(3,16)17)8(15)11-5(7(13)14)4-6(10)12/h5H,4H2,1-3H3,(H2,10,12)(H,11,15)(H,13,14)/t5-/m0/s1. The van der Waals surface area contributed by atoms with E-state index in [9.17, 15) is 22.8 Å². The number of nitrogens with one attached hydrogen (secondary N) is 1. The number of carboxylic acids is 1. The SMILES string of the molecule is CC(C)(C(=O)N[C@@H](CC(N)=O)C(=O)O)S(C)(=O)=O. The third-order valence-corrected chi connectivity index (χ3v) is 4.52. The summed E-state index contributed by atoms with van der Waals surface area (Å²) in [5.41, 5.74) is 4.83. The lowest BCUT2D eigenvalue weighted by Crippen LogP contribution is -2.53. The van der Waals surface area contributed by atoms with Crippen LogP contribution >= 0.6 is 0 Å². The van der Waals surface area contributed by atoms with Crippen LogP contribution < -0.4 is 11.1 Å². The Labute approximate surface area is 104 Å². The number of aliphatic carboxylic acids is 1. The molecule has 2 amide bonds. The second kappa shape index (κ2) is 5.34. The summed E-state index contributed by atoms with van der Waals surface area (Å²) in [5, 5.41) is 10.7. The first-order valence-corrected chi connectivity index (χ1v) is 6.80. The van der Waals surface area contributed by atoms with Gasteiger partial charge in [0.05, 0.1) is 6.42 Å². The van der Waals surface area contributed by atoms with E-state index in [0.717, 1.165) is 20.1 Å². The molecule has 0 spiro atoms. The van der Waals surface area contributed by atoms with Crippen LogP contribution in [0.25, 0.3) is 0 Å². The zero-order chi connectivity index (χ0) is 14.7. The van der Waals surface area contributed by atoms with Crippen molar-refractivity contribution in [1.82, 2.24) is 5.32 Å². The molecule has 0 aliphatic rings. The van der Waals surface area contributed by atoms with Gasteiger partial charge < -0.3 is 16.2 Å². The lowest BCUT2D eigenvalue weighted by Gasteiger charge is -2.23. The molecule has 0 rings (SSSR count). The van der Waals surface area contributed by atoms with Gasteiger partial charge in [-0.25, -0.2) is 13.2 Å². The van der Waals surface area contributed by atoms with Gasteiger partial charge in [-0.05, 0) is 13.8 Å². The maximum Gasteiger partial charge on any atom is 0.326 e. The van der Waals surface area contributed by atoms with Gasteiger partial charge in [-0.2, -0.15) is 0 Å². The number of hydrogen-bond donors (Lipinski definition) is 3. The molecule has 9 heteroatoms. The predicted octanol–water partition coefficient (Wildman–Crippen LogP) is -1.75. The zero-order valence-corrected chi connectivity index (χ0v) is 11.1. The first-order valence-electron chi connectivity index (χ1n) is 4.91. The molecular formula is C9H16N2O6S. The molecule has 0 saturated carbocycles. The second-order valence-corrected chi connectivity index (χ2v) is 6.88. The normalized spacial score (nSPS) is 13.7. The molecule has 0 unspecified atom stereocenters. The average molecular weight is 280 g/mol. The van der Waals surface area contributed by atoms with Gasteiger partial charge in [0, 0.05) is 6.26 Å². The molecule has 8 nitrogen and oxygen atoms in total. The van der Waals surface area contributed by atoms with Crippen LogP contribution in [0.5, 0.6) is 0 Å². The number of sulfone groups is 1. The molecular weight excluding hydrogens is 264 g/mol.